The van der Waals surface area contributed by atoms with E-state index in [1.165, 1.54) is 32.1 Å². The van der Waals surface area contributed by atoms with Crippen molar-refractivity contribution >= 4 is 22.5 Å². The van der Waals surface area contributed by atoms with Gasteiger partial charge in [0.05, 0.1) is 5.52 Å². The molecule has 0 bridgehead atoms. The molecule has 2 N–H and O–H groups in total. The average molecular weight is 344 g/mol. The molecule has 130 valence electrons. The molecule has 6 heteroatoms. The van der Waals surface area contributed by atoms with Gasteiger partial charge >= 0.3 is 0 Å². The third kappa shape index (κ3) is 2.08. The molecule has 26 heavy (non-hydrogen) atoms. The number of aromatic amines is 1. The van der Waals surface area contributed by atoms with E-state index in [0.717, 1.165) is 33.6 Å². The lowest BCUT2D eigenvalue weighted by molar-refractivity contribution is 0.0190. The van der Waals surface area contributed by atoms with Crippen molar-refractivity contribution in [2.24, 2.45) is 5.41 Å². The number of rotatable bonds is 3. The van der Waals surface area contributed by atoms with E-state index in [9.17, 15) is 0 Å². The Labute approximate surface area is 150 Å². The molecule has 0 amide bonds. The third-order valence-electron chi connectivity index (χ3n) is 6.25. The van der Waals surface area contributed by atoms with Gasteiger partial charge in [-0.05, 0) is 54.9 Å². The number of fused-ring (bicyclic) bond motifs is 2. The van der Waals surface area contributed by atoms with Crippen molar-refractivity contribution in [3.63, 3.8) is 0 Å². The third-order valence-corrected chi connectivity index (χ3v) is 6.25. The van der Waals surface area contributed by atoms with Gasteiger partial charge in [0.2, 0.25) is 5.95 Å². The molecule has 0 aliphatic heterocycles. The zero-order valence-electron chi connectivity index (χ0n) is 14.4. The monoisotopic (exact) mass is 344 g/mol. The number of hydrogen-bond acceptors (Lipinski definition) is 4. The molecule has 0 atom stereocenters. The van der Waals surface area contributed by atoms with Crippen LogP contribution in [-0.4, -0.2) is 30.6 Å². The normalized spacial score (nSPS) is 18.9. The maximum atomic E-state index is 4.69. The molecule has 2 saturated carbocycles. The van der Waals surface area contributed by atoms with Crippen LogP contribution in [0.15, 0.2) is 43.0 Å². The Morgan fingerprint density at radius 1 is 1.23 bits per heavy atom. The summed E-state index contributed by atoms with van der Waals surface area (Å²) in [4.78, 5) is 12.6. The summed E-state index contributed by atoms with van der Waals surface area (Å²) in [6.45, 7) is 0. The van der Waals surface area contributed by atoms with E-state index in [0.29, 0.717) is 11.5 Å². The van der Waals surface area contributed by atoms with Gasteiger partial charge < -0.3 is 10.3 Å². The Morgan fingerprint density at radius 3 is 3.00 bits per heavy atom. The van der Waals surface area contributed by atoms with E-state index in [1.54, 1.807) is 0 Å². The van der Waals surface area contributed by atoms with Crippen molar-refractivity contribution in [1.82, 2.24) is 24.6 Å². The number of nitrogens with one attached hydrogen (secondary N) is 2. The van der Waals surface area contributed by atoms with Crippen LogP contribution in [0.5, 0.6) is 0 Å². The molecule has 0 unspecified atom stereocenters. The molecule has 0 radical (unpaired) electrons. The van der Waals surface area contributed by atoms with E-state index in [1.807, 2.05) is 35.4 Å². The van der Waals surface area contributed by atoms with Crippen LogP contribution in [0.4, 0.5) is 5.95 Å². The van der Waals surface area contributed by atoms with Gasteiger partial charge in [0.25, 0.3) is 0 Å². The minimum Gasteiger partial charge on any atom is -0.351 e. The van der Waals surface area contributed by atoms with Gasteiger partial charge in [-0.25, -0.2) is 9.50 Å². The highest BCUT2D eigenvalue weighted by Crippen LogP contribution is 2.56. The smallest absolute Gasteiger partial charge is 0.224 e. The van der Waals surface area contributed by atoms with Crippen molar-refractivity contribution in [2.45, 2.75) is 38.1 Å². The minimum atomic E-state index is 0.534. The zero-order chi connectivity index (χ0) is 17.1. The SMILES string of the molecule is c1cc2cc(-c3c[nH]c4nc(NC5CC6(CCC6)C5)ncc34)ccn2n1. The van der Waals surface area contributed by atoms with E-state index >= 15 is 0 Å². The molecule has 6 nitrogen and oxygen atoms in total. The minimum absolute atomic E-state index is 0.534. The maximum absolute atomic E-state index is 4.69. The number of H-pyrrole nitrogens is 1. The number of pyridine rings is 1. The first-order valence-corrected chi connectivity index (χ1v) is 9.33. The number of anilines is 1. The van der Waals surface area contributed by atoms with E-state index < -0.39 is 0 Å². The Balaban J connectivity index is 1.29. The second kappa shape index (κ2) is 5.06. The molecular weight excluding hydrogens is 324 g/mol. The molecule has 0 aromatic carbocycles. The number of hydrogen-bond donors (Lipinski definition) is 2. The van der Waals surface area contributed by atoms with Gasteiger partial charge in [0, 0.05) is 41.8 Å². The molecule has 1 spiro atoms. The van der Waals surface area contributed by atoms with Crippen LogP contribution in [-0.2, 0) is 0 Å². The fourth-order valence-corrected chi connectivity index (χ4v) is 4.66. The molecule has 2 aliphatic carbocycles. The summed E-state index contributed by atoms with van der Waals surface area (Å²) < 4.78 is 1.87. The Hall–Kier alpha value is -2.89. The molecular formula is C20H20N6. The summed E-state index contributed by atoms with van der Waals surface area (Å²) in [6.07, 6.45) is 14.5. The van der Waals surface area contributed by atoms with Gasteiger partial charge in [-0.2, -0.15) is 10.1 Å². The standard InChI is InChI=1S/C20H20N6/c1-4-20(5-1)9-14(10-20)24-19-22-12-17-16(11-21-18(17)25-19)13-3-7-26-15(8-13)2-6-23-26/h2-3,6-8,11-12,14H,1,4-5,9-10H2,(H2,21,22,24,25). The second-order valence-corrected chi connectivity index (χ2v) is 7.88. The maximum Gasteiger partial charge on any atom is 0.224 e. The van der Waals surface area contributed by atoms with Crippen molar-refractivity contribution in [3.8, 4) is 11.1 Å². The van der Waals surface area contributed by atoms with Crippen molar-refractivity contribution < 1.29 is 0 Å². The van der Waals surface area contributed by atoms with Gasteiger partial charge in [-0.3, -0.25) is 0 Å². The van der Waals surface area contributed by atoms with Crippen LogP contribution < -0.4 is 5.32 Å². The molecule has 4 aromatic rings. The van der Waals surface area contributed by atoms with Crippen molar-refractivity contribution in [1.29, 1.82) is 0 Å². The first kappa shape index (κ1) is 14.3. The van der Waals surface area contributed by atoms with E-state index in [-0.39, 0.29) is 0 Å². The number of nitrogens with zero attached hydrogens (tertiary/aromatic N) is 4. The van der Waals surface area contributed by atoms with E-state index in [4.69, 9.17) is 4.98 Å². The topological polar surface area (TPSA) is 70.9 Å². The van der Waals surface area contributed by atoms with Crippen LogP contribution in [0.1, 0.15) is 32.1 Å². The summed E-state index contributed by atoms with van der Waals surface area (Å²) in [7, 11) is 0. The highest BCUT2D eigenvalue weighted by Gasteiger charge is 2.48. The van der Waals surface area contributed by atoms with Crippen LogP contribution in [0, 0.1) is 5.41 Å². The van der Waals surface area contributed by atoms with Gasteiger partial charge in [-0.1, -0.05) is 6.42 Å². The first-order valence-electron chi connectivity index (χ1n) is 9.33. The Morgan fingerprint density at radius 2 is 2.15 bits per heavy atom. The highest BCUT2D eigenvalue weighted by atomic mass is 15.2. The van der Waals surface area contributed by atoms with Crippen LogP contribution >= 0.6 is 0 Å². The second-order valence-electron chi connectivity index (χ2n) is 7.88. The zero-order valence-corrected chi connectivity index (χ0v) is 14.4. The molecule has 4 aromatic heterocycles. The van der Waals surface area contributed by atoms with Crippen molar-refractivity contribution in [3.05, 3.63) is 43.0 Å². The lowest BCUT2D eigenvalue weighted by atomic mass is 9.54. The predicted octanol–water partition coefficient (Wildman–Crippen LogP) is 4.02. The van der Waals surface area contributed by atoms with Crippen LogP contribution in [0.25, 0.3) is 27.7 Å². The molecule has 2 fully saturated rings. The fourth-order valence-electron chi connectivity index (χ4n) is 4.66. The fraction of sp³-hybridized carbons (Fsp3) is 0.350. The van der Waals surface area contributed by atoms with Crippen LogP contribution in [0.2, 0.25) is 0 Å². The summed E-state index contributed by atoms with van der Waals surface area (Å²) in [5.41, 5.74) is 4.87. The van der Waals surface area contributed by atoms with Crippen molar-refractivity contribution in [2.75, 3.05) is 5.32 Å². The van der Waals surface area contributed by atoms with Gasteiger partial charge in [0.15, 0.2) is 0 Å². The quantitative estimate of drug-likeness (QED) is 0.589. The Kier molecular flexibility index (Phi) is 2.78. The van der Waals surface area contributed by atoms with E-state index in [2.05, 4.69) is 32.5 Å². The lowest BCUT2D eigenvalue weighted by Crippen LogP contribution is -2.49. The van der Waals surface area contributed by atoms with Crippen LogP contribution in [0.3, 0.4) is 0 Å². The number of aromatic nitrogens is 5. The summed E-state index contributed by atoms with van der Waals surface area (Å²) >= 11 is 0. The highest BCUT2D eigenvalue weighted by molar-refractivity contribution is 5.94. The first-order chi connectivity index (χ1) is 12.8. The Bertz CT molecular complexity index is 1110. The molecule has 0 saturated heterocycles. The largest absolute Gasteiger partial charge is 0.351 e. The summed E-state index contributed by atoms with van der Waals surface area (Å²) in [5, 5.41) is 8.81. The van der Waals surface area contributed by atoms with Gasteiger partial charge in [0.1, 0.15) is 5.65 Å². The summed E-state index contributed by atoms with van der Waals surface area (Å²) in [5.74, 6) is 0.733. The summed E-state index contributed by atoms with van der Waals surface area (Å²) in [6, 6.07) is 6.74. The lowest BCUT2D eigenvalue weighted by Gasteiger charge is -2.54. The predicted molar refractivity (Wildman–Crippen MR) is 101 cm³/mol. The molecule has 4 heterocycles. The average Bonchev–Trinajstić information content (AvgIpc) is 3.21. The molecule has 2 aliphatic rings. The van der Waals surface area contributed by atoms with Gasteiger partial charge in [-0.15, -0.1) is 0 Å². The molecule has 6 rings (SSSR count).